The number of benzene rings is 2. The van der Waals surface area contributed by atoms with Crippen LogP contribution in [-0.2, 0) is 12.8 Å². The fourth-order valence-corrected chi connectivity index (χ4v) is 3.32. The quantitative estimate of drug-likeness (QED) is 0.330. The summed E-state index contributed by atoms with van der Waals surface area (Å²) >= 11 is 0. The third-order valence-corrected chi connectivity index (χ3v) is 4.89. The van der Waals surface area contributed by atoms with Crippen LogP contribution in [0.2, 0.25) is 0 Å². The van der Waals surface area contributed by atoms with Gasteiger partial charge in [-0.3, -0.25) is 0 Å². The summed E-state index contributed by atoms with van der Waals surface area (Å²) in [5.74, 6) is -0.913. The van der Waals surface area contributed by atoms with Crippen molar-refractivity contribution in [2.24, 2.45) is 0 Å². The highest BCUT2D eigenvalue weighted by molar-refractivity contribution is 5.91. The summed E-state index contributed by atoms with van der Waals surface area (Å²) in [5, 5.41) is 39.3. The lowest BCUT2D eigenvalue weighted by atomic mass is 9.97. The molecule has 4 N–H and O–H groups in total. The molecule has 0 heterocycles. The molecule has 2 rings (SSSR count). The molecule has 0 bridgehead atoms. The number of hydrogen-bond donors (Lipinski definition) is 4. The standard InChI is InChI=1S/C23H30O6/c1-4-7-16-20(10-9-17(21(16)25)23(27)28)29-11-6-5-8-15-12-18(14(2)3)22(26)19(24)13-15/h9-10,12-14,24-26H,4-8,11H2,1-3H3,(H,27,28). The van der Waals surface area contributed by atoms with Crippen molar-refractivity contribution in [3.8, 4) is 23.0 Å². The van der Waals surface area contributed by atoms with E-state index in [0.29, 0.717) is 24.3 Å². The topological polar surface area (TPSA) is 107 Å². The summed E-state index contributed by atoms with van der Waals surface area (Å²) in [4.78, 5) is 11.2. The number of phenolic OH excluding ortho intramolecular Hbond substituents is 2. The number of aromatic carboxylic acids is 1. The Bertz CT molecular complexity index is 857. The number of rotatable bonds is 10. The molecular weight excluding hydrogens is 372 g/mol. The molecule has 0 spiro atoms. The lowest BCUT2D eigenvalue weighted by molar-refractivity contribution is 0.0693. The van der Waals surface area contributed by atoms with Crippen molar-refractivity contribution in [1.82, 2.24) is 0 Å². The van der Waals surface area contributed by atoms with Crippen LogP contribution in [0.15, 0.2) is 24.3 Å². The fraction of sp³-hybridized carbons (Fsp3) is 0.435. The maximum atomic E-state index is 11.2. The van der Waals surface area contributed by atoms with Crippen LogP contribution >= 0.6 is 0 Å². The minimum Gasteiger partial charge on any atom is -0.507 e. The molecule has 6 nitrogen and oxygen atoms in total. The molecule has 0 atom stereocenters. The Morgan fingerprint density at radius 2 is 1.76 bits per heavy atom. The maximum absolute atomic E-state index is 11.2. The van der Waals surface area contributed by atoms with Gasteiger partial charge in [-0.05, 0) is 55.4 Å². The van der Waals surface area contributed by atoms with Gasteiger partial charge in [0.25, 0.3) is 0 Å². The van der Waals surface area contributed by atoms with E-state index in [-0.39, 0.29) is 28.7 Å². The predicted molar refractivity (Wildman–Crippen MR) is 111 cm³/mol. The minimum absolute atomic E-state index is 0.0554. The number of carboxylic acid groups (broad SMARTS) is 1. The van der Waals surface area contributed by atoms with Gasteiger partial charge >= 0.3 is 5.97 Å². The Hall–Kier alpha value is -2.89. The Balaban J connectivity index is 1.96. The minimum atomic E-state index is -1.16. The average Bonchev–Trinajstić information content (AvgIpc) is 2.66. The van der Waals surface area contributed by atoms with Gasteiger partial charge in [0.15, 0.2) is 11.5 Å². The zero-order chi connectivity index (χ0) is 21.6. The van der Waals surface area contributed by atoms with E-state index in [2.05, 4.69) is 0 Å². The molecule has 0 fully saturated rings. The molecule has 0 aliphatic heterocycles. The normalized spacial score (nSPS) is 11.0. The van der Waals surface area contributed by atoms with E-state index in [9.17, 15) is 20.1 Å². The molecule has 0 amide bonds. The Morgan fingerprint density at radius 3 is 2.38 bits per heavy atom. The Morgan fingerprint density at radius 1 is 1.03 bits per heavy atom. The summed E-state index contributed by atoms with van der Waals surface area (Å²) in [6, 6.07) is 6.46. The van der Waals surface area contributed by atoms with E-state index in [1.165, 1.54) is 6.07 Å². The van der Waals surface area contributed by atoms with Crippen LogP contribution in [0.3, 0.4) is 0 Å². The molecule has 158 valence electrons. The van der Waals surface area contributed by atoms with E-state index >= 15 is 0 Å². The van der Waals surface area contributed by atoms with Crippen LogP contribution in [0, 0.1) is 0 Å². The van der Waals surface area contributed by atoms with Crippen molar-refractivity contribution in [2.45, 2.75) is 58.8 Å². The molecule has 2 aromatic carbocycles. The third-order valence-electron chi connectivity index (χ3n) is 4.89. The summed E-state index contributed by atoms with van der Waals surface area (Å²) in [6.45, 7) is 6.31. The second-order valence-electron chi connectivity index (χ2n) is 7.51. The van der Waals surface area contributed by atoms with E-state index in [1.807, 2.05) is 26.8 Å². The highest BCUT2D eigenvalue weighted by atomic mass is 16.5. The molecule has 0 aromatic heterocycles. The van der Waals surface area contributed by atoms with E-state index in [4.69, 9.17) is 9.84 Å². The number of aryl methyl sites for hydroxylation is 1. The number of phenols is 3. The van der Waals surface area contributed by atoms with Gasteiger partial charge in [-0.2, -0.15) is 0 Å². The number of carboxylic acids is 1. The largest absolute Gasteiger partial charge is 0.507 e. The van der Waals surface area contributed by atoms with Crippen LogP contribution in [0.4, 0.5) is 0 Å². The van der Waals surface area contributed by atoms with Gasteiger partial charge in [0, 0.05) is 11.1 Å². The average molecular weight is 402 g/mol. The molecule has 2 aromatic rings. The van der Waals surface area contributed by atoms with Gasteiger partial charge in [-0.15, -0.1) is 0 Å². The van der Waals surface area contributed by atoms with Crippen molar-refractivity contribution in [3.63, 3.8) is 0 Å². The summed E-state index contributed by atoms with van der Waals surface area (Å²) in [6.07, 6.45) is 3.61. The monoisotopic (exact) mass is 402 g/mol. The molecular formula is C23H30O6. The number of hydrogen-bond acceptors (Lipinski definition) is 5. The van der Waals surface area contributed by atoms with Gasteiger partial charge < -0.3 is 25.2 Å². The van der Waals surface area contributed by atoms with Crippen molar-refractivity contribution in [3.05, 3.63) is 46.5 Å². The van der Waals surface area contributed by atoms with Crippen molar-refractivity contribution < 1.29 is 30.0 Å². The number of carbonyl (C=O) groups is 1. The number of ether oxygens (including phenoxy) is 1. The van der Waals surface area contributed by atoms with Gasteiger partial charge in [0.2, 0.25) is 0 Å². The lowest BCUT2D eigenvalue weighted by Crippen LogP contribution is -2.05. The molecule has 0 unspecified atom stereocenters. The molecule has 0 aliphatic rings. The Labute approximate surface area is 171 Å². The van der Waals surface area contributed by atoms with Gasteiger partial charge in [0.1, 0.15) is 17.1 Å². The number of unbranched alkanes of at least 4 members (excludes halogenated alkanes) is 1. The molecule has 0 radical (unpaired) electrons. The molecule has 0 aliphatic carbocycles. The molecule has 0 saturated heterocycles. The van der Waals surface area contributed by atoms with Crippen LogP contribution < -0.4 is 4.74 Å². The highest BCUT2D eigenvalue weighted by Gasteiger charge is 2.17. The Kier molecular flexibility index (Phi) is 7.76. The van der Waals surface area contributed by atoms with Crippen molar-refractivity contribution in [2.75, 3.05) is 6.61 Å². The highest BCUT2D eigenvalue weighted by Crippen LogP contribution is 2.35. The summed E-state index contributed by atoms with van der Waals surface area (Å²) in [5.41, 5.74) is 2.10. The maximum Gasteiger partial charge on any atom is 0.339 e. The van der Waals surface area contributed by atoms with Crippen LogP contribution in [0.1, 0.15) is 73.0 Å². The first kappa shape index (κ1) is 22.4. The van der Waals surface area contributed by atoms with Crippen LogP contribution in [-0.4, -0.2) is 33.0 Å². The molecule has 6 heteroatoms. The third kappa shape index (κ3) is 5.56. The van der Waals surface area contributed by atoms with Gasteiger partial charge in [-0.25, -0.2) is 4.79 Å². The summed E-state index contributed by atoms with van der Waals surface area (Å²) in [7, 11) is 0. The molecule has 0 saturated carbocycles. The lowest BCUT2D eigenvalue weighted by Gasteiger charge is -2.15. The van der Waals surface area contributed by atoms with Crippen molar-refractivity contribution >= 4 is 5.97 Å². The zero-order valence-electron chi connectivity index (χ0n) is 17.2. The SMILES string of the molecule is CCCc1c(OCCCCc2cc(O)c(O)c(C(C)C)c2)ccc(C(=O)O)c1O. The van der Waals surface area contributed by atoms with Crippen molar-refractivity contribution in [1.29, 1.82) is 0 Å². The first-order valence-electron chi connectivity index (χ1n) is 10.0. The predicted octanol–water partition coefficient (Wildman–Crippen LogP) is 4.98. The second kappa shape index (κ2) is 10.0. The van der Waals surface area contributed by atoms with E-state index in [1.54, 1.807) is 12.1 Å². The summed E-state index contributed by atoms with van der Waals surface area (Å²) < 4.78 is 5.81. The van der Waals surface area contributed by atoms with Crippen LogP contribution in [0.25, 0.3) is 0 Å². The van der Waals surface area contributed by atoms with E-state index < -0.39 is 5.97 Å². The van der Waals surface area contributed by atoms with E-state index in [0.717, 1.165) is 36.8 Å². The fourth-order valence-electron chi connectivity index (χ4n) is 3.32. The zero-order valence-corrected chi connectivity index (χ0v) is 17.2. The van der Waals surface area contributed by atoms with Crippen LogP contribution in [0.5, 0.6) is 23.0 Å². The van der Waals surface area contributed by atoms with Gasteiger partial charge in [0.05, 0.1) is 6.61 Å². The number of aromatic hydroxyl groups is 3. The smallest absolute Gasteiger partial charge is 0.339 e. The first-order valence-corrected chi connectivity index (χ1v) is 10.0. The first-order chi connectivity index (χ1) is 13.8. The van der Waals surface area contributed by atoms with Gasteiger partial charge in [-0.1, -0.05) is 33.3 Å². The second-order valence-corrected chi connectivity index (χ2v) is 7.51. The molecule has 29 heavy (non-hydrogen) atoms.